The summed E-state index contributed by atoms with van der Waals surface area (Å²) < 4.78 is 11.3. The van der Waals surface area contributed by atoms with E-state index in [4.69, 9.17) is 9.47 Å². The highest BCUT2D eigenvalue weighted by molar-refractivity contribution is 6.05. The average molecular weight is 339 g/mol. The van der Waals surface area contributed by atoms with E-state index in [1.54, 1.807) is 24.3 Å². The molecule has 1 N–H and O–H groups in total. The predicted octanol–water partition coefficient (Wildman–Crippen LogP) is 5.07. The van der Waals surface area contributed by atoms with Crippen molar-refractivity contribution < 1.29 is 14.3 Å². The molecule has 0 aromatic heterocycles. The molecule has 0 atom stereocenters. The molecule has 0 spiro atoms. The Bertz CT molecular complexity index is 707. The van der Waals surface area contributed by atoms with Gasteiger partial charge in [0.15, 0.2) is 0 Å². The zero-order valence-electron chi connectivity index (χ0n) is 14.9. The Kier molecular flexibility index (Phi) is 7.08. The van der Waals surface area contributed by atoms with Crippen LogP contribution >= 0.6 is 0 Å². The number of anilines is 1. The number of hydrogen-bond acceptors (Lipinski definition) is 3. The first-order valence-electron chi connectivity index (χ1n) is 8.50. The second kappa shape index (κ2) is 9.52. The third kappa shape index (κ3) is 5.99. The van der Waals surface area contributed by atoms with Crippen LogP contribution in [-0.4, -0.2) is 19.1 Å². The van der Waals surface area contributed by atoms with E-state index in [0.29, 0.717) is 36.0 Å². The van der Waals surface area contributed by atoms with Crippen LogP contribution in [0.4, 0.5) is 5.69 Å². The molecule has 4 heteroatoms. The van der Waals surface area contributed by atoms with Crippen LogP contribution in [0.3, 0.4) is 0 Å². The summed E-state index contributed by atoms with van der Waals surface area (Å²) in [6.07, 6.45) is 2.04. The second-order valence-corrected chi connectivity index (χ2v) is 5.92. The van der Waals surface area contributed by atoms with Crippen molar-refractivity contribution in [3.8, 4) is 11.5 Å². The van der Waals surface area contributed by atoms with Gasteiger partial charge in [0.1, 0.15) is 18.1 Å². The van der Waals surface area contributed by atoms with Gasteiger partial charge in [-0.1, -0.05) is 32.1 Å². The standard InChI is InChI=1S/C21H25NO3/c1-4-5-14-24-20-9-7-6-8-19(20)22-21(23)17-10-12-18(13-11-17)25-15-16(2)3/h6-13H,2,4-5,14-15H2,1,3H3,(H,22,23). The molecule has 1 amide bonds. The molecular formula is C21H25NO3. The number of ether oxygens (including phenoxy) is 2. The van der Waals surface area contributed by atoms with Crippen LogP contribution in [0.5, 0.6) is 11.5 Å². The highest BCUT2D eigenvalue weighted by atomic mass is 16.5. The van der Waals surface area contributed by atoms with E-state index in [1.165, 1.54) is 0 Å². The summed E-state index contributed by atoms with van der Waals surface area (Å²) in [7, 11) is 0. The minimum Gasteiger partial charge on any atom is -0.491 e. The molecule has 0 radical (unpaired) electrons. The quantitative estimate of drug-likeness (QED) is 0.512. The molecule has 0 unspecified atom stereocenters. The van der Waals surface area contributed by atoms with E-state index in [-0.39, 0.29) is 5.91 Å². The van der Waals surface area contributed by atoms with Crippen molar-refractivity contribution in [3.63, 3.8) is 0 Å². The van der Waals surface area contributed by atoms with E-state index >= 15 is 0 Å². The maximum absolute atomic E-state index is 12.5. The summed E-state index contributed by atoms with van der Waals surface area (Å²) in [5.41, 5.74) is 2.18. The first-order chi connectivity index (χ1) is 12.1. The highest BCUT2D eigenvalue weighted by Crippen LogP contribution is 2.25. The van der Waals surface area contributed by atoms with Gasteiger partial charge in [0.2, 0.25) is 0 Å². The molecule has 0 saturated carbocycles. The number of hydrogen-bond donors (Lipinski definition) is 1. The van der Waals surface area contributed by atoms with Gasteiger partial charge < -0.3 is 14.8 Å². The number of carbonyl (C=O) groups excluding carboxylic acids is 1. The normalized spacial score (nSPS) is 10.2. The van der Waals surface area contributed by atoms with Crippen LogP contribution in [0.2, 0.25) is 0 Å². The summed E-state index contributed by atoms with van der Waals surface area (Å²) in [6, 6.07) is 14.5. The predicted molar refractivity (Wildman–Crippen MR) is 102 cm³/mol. The van der Waals surface area contributed by atoms with Crippen molar-refractivity contribution in [2.45, 2.75) is 26.7 Å². The molecule has 132 valence electrons. The Labute approximate surface area is 149 Å². The first-order valence-corrected chi connectivity index (χ1v) is 8.50. The van der Waals surface area contributed by atoms with E-state index < -0.39 is 0 Å². The molecule has 0 heterocycles. The lowest BCUT2D eigenvalue weighted by Gasteiger charge is -2.12. The highest BCUT2D eigenvalue weighted by Gasteiger charge is 2.10. The Hall–Kier alpha value is -2.75. The van der Waals surface area contributed by atoms with Crippen LogP contribution in [0.1, 0.15) is 37.0 Å². The van der Waals surface area contributed by atoms with Crippen LogP contribution in [0, 0.1) is 0 Å². The smallest absolute Gasteiger partial charge is 0.255 e. The molecule has 25 heavy (non-hydrogen) atoms. The number of amides is 1. The summed E-state index contributed by atoms with van der Waals surface area (Å²) in [4.78, 5) is 12.5. The van der Waals surface area contributed by atoms with Crippen molar-refractivity contribution >= 4 is 11.6 Å². The lowest BCUT2D eigenvalue weighted by atomic mass is 10.2. The van der Waals surface area contributed by atoms with Crippen LogP contribution in [-0.2, 0) is 0 Å². The monoisotopic (exact) mass is 339 g/mol. The van der Waals surface area contributed by atoms with E-state index in [0.717, 1.165) is 18.4 Å². The van der Waals surface area contributed by atoms with Gasteiger partial charge in [0, 0.05) is 5.56 Å². The minimum absolute atomic E-state index is 0.182. The van der Waals surface area contributed by atoms with Crippen molar-refractivity contribution in [2.24, 2.45) is 0 Å². The molecule has 2 aromatic rings. The summed E-state index contributed by atoms with van der Waals surface area (Å²) >= 11 is 0. The number of nitrogens with one attached hydrogen (secondary N) is 1. The van der Waals surface area contributed by atoms with Crippen LogP contribution in [0.25, 0.3) is 0 Å². The molecule has 0 aliphatic heterocycles. The molecule has 0 bridgehead atoms. The zero-order valence-corrected chi connectivity index (χ0v) is 14.9. The maximum atomic E-state index is 12.5. The second-order valence-electron chi connectivity index (χ2n) is 5.92. The number of para-hydroxylation sites is 2. The van der Waals surface area contributed by atoms with Gasteiger partial charge in [0.25, 0.3) is 5.91 Å². The Morgan fingerprint density at radius 3 is 2.48 bits per heavy atom. The number of unbranched alkanes of at least 4 members (excludes halogenated alkanes) is 1. The summed E-state index contributed by atoms with van der Waals surface area (Å²) in [5.74, 6) is 1.21. The molecule has 2 rings (SSSR count). The molecule has 0 fully saturated rings. The molecule has 0 aliphatic carbocycles. The first kappa shape index (κ1) is 18.6. The fraction of sp³-hybridized carbons (Fsp3) is 0.286. The van der Waals surface area contributed by atoms with Gasteiger partial charge in [-0.3, -0.25) is 4.79 Å². The Balaban J connectivity index is 2.00. The molecule has 0 saturated heterocycles. The van der Waals surface area contributed by atoms with Gasteiger partial charge in [-0.15, -0.1) is 0 Å². The number of benzene rings is 2. The van der Waals surface area contributed by atoms with Gasteiger partial charge in [0.05, 0.1) is 12.3 Å². The van der Waals surface area contributed by atoms with Crippen LogP contribution < -0.4 is 14.8 Å². The van der Waals surface area contributed by atoms with Crippen molar-refractivity contribution in [1.29, 1.82) is 0 Å². The number of rotatable bonds is 9. The lowest BCUT2D eigenvalue weighted by molar-refractivity contribution is 0.102. The van der Waals surface area contributed by atoms with Gasteiger partial charge >= 0.3 is 0 Å². The third-order valence-electron chi connectivity index (χ3n) is 3.49. The van der Waals surface area contributed by atoms with Crippen molar-refractivity contribution in [2.75, 3.05) is 18.5 Å². The molecular weight excluding hydrogens is 314 g/mol. The molecule has 2 aromatic carbocycles. The number of carbonyl (C=O) groups is 1. The third-order valence-corrected chi connectivity index (χ3v) is 3.49. The lowest BCUT2D eigenvalue weighted by Crippen LogP contribution is -2.13. The largest absolute Gasteiger partial charge is 0.491 e. The van der Waals surface area contributed by atoms with Crippen molar-refractivity contribution in [3.05, 3.63) is 66.2 Å². The van der Waals surface area contributed by atoms with E-state index in [2.05, 4.69) is 18.8 Å². The molecule has 4 nitrogen and oxygen atoms in total. The zero-order chi connectivity index (χ0) is 18.1. The fourth-order valence-corrected chi connectivity index (χ4v) is 2.13. The fourth-order valence-electron chi connectivity index (χ4n) is 2.13. The van der Waals surface area contributed by atoms with E-state index in [9.17, 15) is 4.79 Å². The minimum atomic E-state index is -0.182. The van der Waals surface area contributed by atoms with Gasteiger partial charge in [-0.2, -0.15) is 0 Å². The van der Waals surface area contributed by atoms with Gasteiger partial charge in [-0.05, 0) is 55.3 Å². The van der Waals surface area contributed by atoms with E-state index in [1.807, 2.05) is 31.2 Å². The average Bonchev–Trinajstić information content (AvgIpc) is 2.62. The summed E-state index contributed by atoms with van der Waals surface area (Å²) in [6.45, 7) is 8.92. The Morgan fingerprint density at radius 2 is 1.80 bits per heavy atom. The topological polar surface area (TPSA) is 47.6 Å². The maximum Gasteiger partial charge on any atom is 0.255 e. The van der Waals surface area contributed by atoms with Gasteiger partial charge in [-0.25, -0.2) is 0 Å². The Morgan fingerprint density at radius 1 is 1.08 bits per heavy atom. The van der Waals surface area contributed by atoms with Crippen LogP contribution in [0.15, 0.2) is 60.7 Å². The molecule has 0 aliphatic rings. The van der Waals surface area contributed by atoms with Crippen molar-refractivity contribution in [1.82, 2.24) is 0 Å². The SMILES string of the molecule is C=C(C)COc1ccc(C(=O)Nc2ccccc2OCCCC)cc1. The summed E-state index contributed by atoms with van der Waals surface area (Å²) in [5, 5.41) is 2.90.